The summed E-state index contributed by atoms with van der Waals surface area (Å²) in [5.74, 6) is -0.241. The third-order valence-corrected chi connectivity index (χ3v) is 7.72. The van der Waals surface area contributed by atoms with Crippen molar-refractivity contribution in [1.29, 1.82) is 0 Å². The molecule has 0 spiro atoms. The summed E-state index contributed by atoms with van der Waals surface area (Å²) in [5, 5.41) is 3.00. The van der Waals surface area contributed by atoms with Gasteiger partial charge in [-0.25, -0.2) is 8.42 Å². The molecule has 0 saturated heterocycles. The quantitative estimate of drug-likeness (QED) is 0.557. The molecule has 2 aromatic carbocycles. The minimum Gasteiger partial charge on any atom is -0.350 e. The monoisotopic (exact) mass is 479 g/mol. The Labute approximate surface area is 198 Å². The molecule has 6 nitrogen and oxygen atoms in total. The van der Waals surface area contributed by atoms with E-state index in [-0.39, 0.29) is 29.3 Å². The van der Waals surface area contributed by atoms with Gasteiger partial charge in [0.25, 0.3) is 15.9 Å². The second-order valence-corrected chi connectivity index (χ2v) is 9.89. The largest absolute Gasteiger partial charge is 0.350 e. The summed E-state index contributed by atoms with van der Waals surface area (Å²) in [7, 11) is -3.72. The van der Waals surface area contributed by atoms with Crippen molar-refractivity contribution in [3.63, 3.8) is 0 Å². The Bertz CT molecular complexity index is 1010. The molecule has 1 unspecified atom stereocenters. The van der Waals surface area contributed by atoms with E-state index in [1.807, 2.05) is 31.2 Å². The van der Waals surface area contributed by atoms with Gasteiger partial charge in [-0.05, 0) is 75.6 Å². The van der Waals surface area contributed by atoms with Gasteiger partial charge in [0.05, 0.1) is 10.6 Å². The second-order valence-electron chi connectivity index (χ2n) is 8.03. The van der Waals surface area contributed by atoms with Crippen molar-refractivity contribution in [3.8, 4) is 0 Å². The van der Waals surface area contributed by atoms with Crippen LogP contribution in [0.25, 0.3) is 0 Å². The molecule has 0 aromatic heterocycles. The summed E-state index contributed by atoms with van der Waals surface area (Å²) in [4.78, 5) is 15.2. The number of hydrogen-bond acceptors (Lipinski definition) is 4. The van der Waals surface area contributed by atoms with E-state index in [4.69, 9.17) is 0 Å². The van der Waals surface area contributed by atoms with E-state index in [2.05, 4.69) is 24.1 Å². The van der Waals surface area contributed by atoms with Gasteiger partial charge in [-0.2, -0.15) is 0 Å². The molecule has 1 aliphatic rings. The SMILES string of the molecule is CCN(CC)CCCC(C)NC(=O)c1cccc(S(=O)(=O)N2CCc3ccccc32)c1.Cl. The molecule has 176 valence electrons. The maximum absolute atomic E-state index is 13.2. The fourth-order valence-electron chi connectivity index (χ4n) is 4.02. The zero-order valence-corrected chi connectivity index (χ0v) is 20.7. The molecular weight excluding hydrogens is 446 g/mol. The number of carbonyl (C=O) groups is 1. The standard InChI is InChI=1S/C24H33N3O3S.ClH/c1-4-26(5-2)16-9-10-19(3)25-24(28)21-12-8-13-22(18-21)31(29,30)27-17-15-20-11-6-7-14-23(20)27;/h6-8,11-14,18-19H,4-5,9-10,15-17H2,1-3H3,(H,25,28);1H. The number of amides is 1. The zero-order chi connectivity index (χ0) is 22.4. The van der Waals surface area contributed by atoms with Crippen molar-refractivity contribution in [2.45, 2.75) is 51.0 Å². The molecule has 0 saturated carbocycles. The minimum atomic E-state index is -3.72. The maximum Gasteiger partial charge on any atom is 0.264 e. The number of benzene rings is 2. The number of sulfonamides is 1. The van der Waals surface area contributed by atoms with Crippen molar-refractivity contribution in [2.75, 3.05) is 30.5 Å². The first-order valence-electron chi connectivity index (χ1n) is 11.1. The number of hydrogen-bond donors (Lipinski definition) is 1. The Morgan fingerprint density at radius 1 is 1.12 bits per heavy atom. The molecule has 3 rings (SSSR count). The van der Waals surface area contributed by atoms with Crippen LogP contribution in [0.5, 0.6) is 0 Å². The molecule has 1 amide bonds. The van der Waals surface area contributed by atoms with Crippen molar-refractivity contribution in [2.24, 2.45) is 0 Å². The summed E-state index contributed by atoms with van der Waals surface area (Å²) in [6, 6.07) is 13.9. The number of rotatable bonds is 10. The van der Waals surface area contributed by atoms with Gasteiger partial charge in [-0.15, -0.1) is 12.4 Å². The predicted octanol–water partition coefficient (Wildman–Crippen LogP) is 4.10. The van der Waals surface area contributed by atoms with Crippen LogP contribution in [0.1, 0.15) is 49.5 Å². The fourth-order valence-corrected chi connectivity index (χ4v) is 5.57. The van der Waals surface area contributed by atoms with Crippen LogP contribution in [0.2, 0.25) is 0 Å². The van der Waals surface area contributed by atoms with Crippen LogP contribution >= 0.6 is 12.4 Å². The summed E-state index contributed by atoms with van der Waals surface area (Å²) in [6.45, 7) is 9.77. The van der Waals surface area contributed by atoms with Crippen molar-refractivity contribution >= 4 is 34.0 Å². The first-order chi connectivity index (χ1) is 14.9. The van der Waals surface area contributed by atoms with E-state index >= 15 is 0 Å². The Morgan fingerprint density at radius 2 is 1.84 bits per heavy atom. The number of halogens is 1. The molecule has 32 heavy (non-hydrogen) atoms. The lowest BCUT2D eigenvalue weighted by Gasteiger charge is -2.21. The van der Waals surface area contributed by atoms with Crippen LogP contribution in [0.15, 0.2) is 53.4 Å². The van der Waals surface area contributed by atoms with Crippen molar-refractivity contribution < 1.29 is 13.2 Å². The van der Waals surface area contributed by atoms with E-state index in [1.165, 1.54) is 10.4 Å². The van der Waals surface area contributed by atoms with Gasteiger partial charge < -0.3 is 10.2 Å². The Hall–Kier alpha value is -2.09. The van der Waals surface area contributed by atoms with E-state index in [0.717, 1.165) is 43.7 Å². The Balaban J connectivity index is 0.00000363. The van der Waals surface area contributed by atoms with Crippen LogP contribution in [0.4, 0.5) is 5.69 Å². The fraction of sp³-hybridized carbons (Fsp3) is 0.458. The molecular formula is C24H34ClN3O3S. The summed E-state index contributed by atoms with van der Waals surface area (Å²) >= 11 is 0. The summed E-state index contributed by atoms with van der Waals surface area (Å²) in [6.07, 6.45) is 2.58. The highest BCUT2D eigenvalue weighted by Crippen LogP contribution is 2.32. The average molecular weight is 480 g/mol. The van der Waals surface area contributed by atoms with E-state index in [9.17, 15) is 13.2 Å². The number of fused-ring (bicyclic) bond motifs is 1. The van der Waals surface area contributed by atoms with Crippen LogP contribution in [-0.2, 0) is 16.4 Å². The summed E-state index contributed by atoms with van der Waals surface area (Å²) in [5.41, 5.74) is 2.11. The van der Waals surface area contributed by atoms with Crippen molar-refractivity contribution in [3.05, 3.63) is 59.7 Å². The van der Waals surface area contributed by atoms with E-state index < -0.39 is 10.0 Å². The van der Waals surface area contributed by atoms with Gasteiger partial charge in [0.1, 0.15) is 0 Å². The van der Waals surface area contributed by atoms with Gasteiger partial charge in [0.15, 0.2) is 0 Å². The molecule has 1 heterocycles. The van der Waals surface area contributed by atoms with Crippen LogP contribution < -0.4 is 9.62 Å². The Kier molecular flexibility index (Phi) is 9.55. The minimum absolute atomic E-state index is 0. The van der Waals surface area contributed by atoms with Gasteiger partial charge in [-0.3, -0.25) is 9.10 Å². The normalized spacial score (nSPS) is 14.1. The summed E-state index contributed by atoms with van der Waals surface area (Å²) < 4.78 is 27.9. The third kappa shape index (κ3) is 6.03. The van der Waals surface area contributed by atoms with Gasteiger partial charge >= 0.3 is 0 Å². The molecule has 0 bridgehead atoms. The molecule has 8 heteroatoms. The lowest BCUT2D eigenvalue weighted by atomic mass is 10.1. The van der Waals surface area contributed by atoms with Gasteiger partial charge in [0.2, 0.25) is 0 Å². The van der Waals surface area contributed by atoms with Gasteiger partial charge in [0, 0.05) is 18.2 Å². The highest BCUT2D eigenvalue weighted by molar-refractivity contribution is 7.92. The highest BCUT2D eigenvalue weighted by atomic mass is 35.5. The lowest BCUT2D eigenvalue weighted by molar-refractivity contribution is 0.0937. The number of carbonyl (C=O) groups excluding carboxylic acids is 1. The molecule has 1 atom stereocenters. The van der Waals surface area contributed by atoms with E-state index in [0.29, 0.717) is 18.5 Å². The highest BCUT2D eigenvalue weighted by Gasteiger charge is 2.31. The topological polar surface area (TPSA) is 69.7 Å². The number of para-hydroxylation sites is 1. The lowest BCUT2D eigenvalue weighted by Crippen LogP contribution is -2.34. The molecule has 2 aromatic rings. The first-order valence-corrected chi connectivity index (χ1v) is 12.5. The van der Waals surface area contributed by atoms with E-state index in [1.54, 1.807) is 18.2 Å². The van der Waals surface area contributed by atoms with Crippen LogP contribution in [0.3, 0.4) is 0 Å². The molecule has 1 aliphatic heterocycles. The zero-order valence-electron chi connectivity index (χ0n) is 19.1. The number of nitrogens with one attached hydrogen (secondary N) is 1. The van der Waals surface area contributed by atoms with Crippen LogP contribution in [-0.4, -0.2) is 51.4 Å². The smallest absolute Gasteiger partial charge is 0.264 e. The predicted molar refractivity (Wildman–Crippen MR) is 132 cm³/mol. The second kappa shape index (κ2) is 11.7. The molecule has 0 fully saturated rings. The van der Waals surface area contributed by atoms with Crippen molar-refractivity contribution in [1.82, 2.24) is 10.2 Å². The molecule has 0 aliphatic carbocycles. The molecule has 1 N–H and O–H groups in total. The number of nitrogens with zero attached hydrogens (tertiary/aromatic N) is 2. The molecule has 0 radical (unpaired) electrons. The first kappa shape index (κ1) is 26.2. The van der Waals surface area contributed by atoms with Gasteiger partial charge in [-0.1, -0.05) is 38.1 Å². The maximum atomic E-state index is 13.2. The van der Waals surface area contributed by atoms with Crippen LogP contribution in [0, 0.1) is 0 Å². The Morgan fingerprint density at radius 3 is 2.56 bits per heavy atom. The average Bonchev–Trinajstić information content (AvgIpc) is 3.22. The number of anilines is 1. The third-order valence-electron chi connectivity index (χ3n) is 5.91.